The lowest BCUT2D eigenvalue weighted by molar-refractivity contribution is 0.0893. The molecule has 1 amide bonds. The largest absolute Gasteiger partial charge is 0.300 e. The highest BCUT2D eigenvalue weighted by Gasteiger charge is 2.36. The lowest BCUT2D eigenvalue weighted by Gasteiger charge is -2.45. The van der Waals surface area contributed by atoms with Crippen LogP contribution in [0.25, 0.3) is 0 Å². The summed E-state index contributed by atoms with van der Waals surface area (Å²) >= 11 is 0. The number of hydrogen-bond acceptors (Lipinski definition) is 3. The fraction of sp³-hybridized carbons (Fsp3) is 0.379. The topological polar surface area (TPSA) is 36.4 Å². The molecule has 0 bridgehead atoms. The van der Waals surface area contributed by atoms with E-state index in [0.717, 1.165) is 37.3 Å². The van der Waals surface area contributed by atoms with E-state index in [1.54, 1.807) is 6.20 Å². The molecule has 0 spiro atoms. The molecule has 2 atom stereocenters. The molecule has 0 radical (unpaired) electrons. The predicted octanol–water partition coefficient (Wildman–Crippen LogP) is 5.92. The standard InChI is InChI=1S/C29H33N3O/c33-29(24-13-5-2-6-14-24)32(28-17-9-10-20-30-28)25-18-21-31(22-19-25)27-16-8-7-15-26(27)23-11-3-1-4-12-23/h1-6,9-14,17,20,25-27H,7-8,15-16,18-19,21-22H2/t26-,27-/m1/s1. The van der Waals surface area contributed by atoms with Gasteiger partial charge in [0.2, 0.25) is 0 Å². The minimum Gasteiger partial charge on any atom is -0.300 e. The number of rotatable bonds is 5. The van der Waals surface area contributed by atoms with E-state index in [4.69, 9.17) is 0 Å². The van der Waals surface area contributed by atoms with Gasteiger partial charge in [-0.1, -0.05) is 67.4 Å². The van der Waals surface area contributed by atoms with Crippen LogP contribution in [0, 0.1) is 0 Å². The van der Waals surface area contributed by atoms with E-state index >= 15 is 0 Å². The average molecular weight is 440 g/mol. The molecule has 3 aromatic rings. The zero-order chi connectivity index (χ0) is 22.5. The maximum atomic E-state index is 13.5. The fourth-order valence-corrected chi connectivity index (χ4v) is 5.79. The van der Waals surface area contributed by atoms with Crippen LogP contribution in [0.2, 0.25) is 0 Å². The Morgan fingerprint density at radius 3 is 2.15 bits per heavy atom. The van der Waals surface area contributed by atoms with Gasteiger partial charge in [-0.05, 0) is 61.4 Å². The molecule has 5 rings (SSSR count). The van der Waals surface area contributed by atoms with Gasteiger partial charge in [0.1, 0.15) is 5.82 Å². The number of nitrogens with zero attached hydrogens (tertiary/aromatic N) is 3. The van der Waals surface area contributed by atoms with Gasteiger partial charge in [-0.2, -0.15) is 0 Å². The van der Waals surface area contributed by atoms with Crippen LogP contribution in [-0.2, 0) is 0 Å². The van der Waals surface area contributed by atoms with Gasteiger partial charge in [0.25, 0.3) is 5.91 Å². The van der Waals surface area contributed by atoms with Crippen molar-refractivity contribution in [2.45, 2.75) is 56.5 Å². The zero-order valence-electron chi connectivity index (χ0n) is 19.2. The van der Waals surface area contributed by atoms with Crippen LogP contribution < -0.4 is 4.90 Å². The highest BCUT2D eigenvalue weighted by atomic mass is 16.2. The minimum absolute atomic E-state index is 0.0487. The van der Waals surface area contributed by atoms with Gasteiger partial charge in [0.05, 0.1) is 0 Å². The maximum Gasteiger partial charge on any atom is 0.259 e. The molecule has 4 heteroatoms. The molecule has 1 aliphatic heterocycles. The van der Waals surface area contributed by atoms with Gasteiger partial charge in [0.15, 0.2) is 0 Å². The Labute approximate surface area is 197 Å². The second-order valence-electron chi connectivity index (χ2n) is 9.37. The van der Waals surface area contributed by atoms with E-state index in [1.807, 2.05) is 53.4 Å². The Morgan fingerprint density at radius 2 is 1.45 bits per heavy atom. The van der Waals surface area contributed by atoms with Crippen LogP contribution in [0.5, 0.6) is 0 Å². The van der Waals surface area contributed by atoms with Crippen molar-refractivity contribution in [2.75, 3.05) is 18.0 Å². The number of likely N-dealkylation sites (tertiary alicyclic amines) is 1. The van der Waals surface area contributed by atoms with E-state index in [0.29, 0.717) is 12.0 Å². The van der Waals surface area contributed by atoms with Gasteiger partial charge in [0, 0.05) is 36.9 Å². The molecule has 1 aromatic heterocycles. The Balaban J connectivity index is 1.33. The molecule has 2 fully saturated rings. The molecular formula is C29H33N3O. The van der Waals surface area contributed by atoms with E-state index in [1.165, 1.54) is 31.2 Å². The predicted molar refractivity (Wildman–Crippen MR) is 134 cm³/mol. The highest BCUT2D eigenvalue weighted by Crippen LogP contribution is 2.38. The van der Waals surface area contributed by atoms with Crippen LogP contribution in [0.1, 0.15) is 60.4 Å². The molecular weight excluding hydrogens is 406 g/mol. The Morgan fingerprint density at radius 1 is 0.788 bits per heavy atom. The average Bonchev–Trinajstić information content (AvgIpc) is 2.91. The van der Waals surface area contributed by atoms with E-state index in [9.17, 15) is 4.79 Å². The normalized spacial score (nSPS) is 22.1. The second kappa shape index (κ2) is 10.3. The molecule has 0 unspecified atom stereocenters. The summed E-state index contributed by atoms with van der Waals surface area (Å²) in [6.45, 7) is 2.06. The van der Waals surface area contributed by atoms with Crippen molar-refractivity contribution in [1.82, 2.24) is 9.88 Å². The Hall–Kier alpha value is -2.98. The van der Waals surface area contributed by atoms with Gasteiger partial charge >= 0.3 is 0 Å². The highest BCUT2D eigenvalue weighted by molar-refractivity contribution is 6.06. The first-order valence-electron chi connectivity index (χ1n) is 12.4. The van der Waals surface area contributed by atoms with Crippen LogP contribution in [0.4, 0.5) is 5.82 Å². The number of hydrogen-bond donors (Lipinski definition) is 0. The van der Waals surface area contributed by atoms with Gasteiger partial charge < -0.3 is 0 Å². The summed E-state index contributed by atoms with van der Waals surface area (Å²) in [4.78, 5) is 22.7. The van der Waals surface area contributed by atoms with Gasteiger partial charge in [-0.25, -0.2) is 4.98 Å². The molecule has 2 aromatic carbocycles. The number of amides is 1. The van der Waals surface area contributed by atoms with Crippen molar-refractivity contribution < 1.29 is 4.79 Å². The SMILES string of the molecule is O=C(c1ccccc1)N(c1ccccn1)C1CCN([C@@H]2CCCC[C@@H]2c2ccccc2)CC1. The summed E-state index contributed by atoms with van der Waals surface area (Å²) in [6.07, 6.45) is 8.94. The van der Waals surface area contributed by atoms with Crippen molar-refractivity contribution >= 4 is 11.7 Å². The van der Waals surface area contributed by atoms with Crippen LogP contribution in [-0.4, -0.2) is 41.0 Å². The van der Waals surface area contributed by atoms with Crippen molar-refractivity contribution in [3.05, 3.63) is 96.2 Å². The third-order valence-corrected chi connectivity index (χ3v) is 7.43. The Kier molecular flexibility index (Phi) is 6.82. The zero-order valence-corrected chi connectivity index (χ0v) is 19.2. The monoisotopic (exact) mass is 439 g/mol. The number of carbonyl (C=O) groups excluding carboxylic acids is 1. The molecule has 1 aliphatic carbocycles. The number of piperidine rings is 1. The number of benzene rings is 2. The summed E-state index contributed by atoms with van der Waals surface area (Å²) in [5, 5.41) is 0. The third kappa shape index (κ3) is 4.86. The maximum absolute atomic E-state index is 13.5. The number of aromatic nitrogens is 1. The van der Waals surface area contributed by atoms with E-state index in [2.05, 4.69) is 40.2 Å². The first-order valence-corrected chi connectivity index (χ1v) is 12.4. The quantitative estimate of drug-likeness (QED) is 0.495. The number of carbonyl (C=O) groups is 1. The van der Waals surface area contributed by atoms with Crippen molar-refractivity contribution in [2.24, 2.45) is 0 Å². The molecule has 2 heterocycles. The molecule has 4 nitrogen and oxygen atoms in total. The van der Waals surface area contributed by atoms with Crippen LogP contribution in [0.15, 0.2) is 85.1 Å². The molecule has 0 N–H and O–H groups in total. The molecule has 2 aliphatic rings. The number of anilines is 1. The minimum atomic E-state index is 0.0487. The van der Waals surface area contributed by atoms with Crippen molar-refractivity contribution in [3.63, 3.8) is 0 Å². The van der Waals surface area contributed by atoms with Crippen LogP contribution in [0.3, 0.4) is 0 Å². The lowest BCUT2D eigenvalue weighted by Crippen LogP contribution is -2.52. The second-order valence-corrected chi connectivity index (χ2v) is 9.37. The Bertz CT molecular complexity index is 1020. The van der Waals surface area contributed by atoms with Crippen molar-refractivity contribution in [3.8, 4) is 0 Å². The molecule has 33 heavy (non-hydrogen) atoms. The van der Waals surface area contributed by atoms with E-state index < -0.39 is 0 Å². The van der Waals surface area contributed by atoms with E-state index in [-0.39, 0.29) is 11.9 Å². The fourth-order valence-electron chi connectivity index (χ4n) is 5.79. The van der Waals surface area contributed by atoms with Gasteiger partial charge in [-0.3, -0.25) is 14.6 Å². The lowest BCUT2D eigenvalue weighted by atomic mass is 9.78. The molecule has 1 saturated carbocycles. The van der Waals surface area contributed by atoms with Gasteiger partial charge in [-0.15, -0.1) is 0 Å². The molecule has 1 saturated heterocycles. The first-order chi connectivity index (χ1) is 16.3. The first kappa shape index (κ1) is 21.8. The third-order valence-electron chi connectivity index (χ3n) is 7.43. The summed E-state index contributed by atoms with van der Waals surface area (Å²) in [5.74, 6) is 1.42. The summed E-state index contributed by atoms with van der Waals surface area (Å²) in [6, 6.07) is 27.3. The summed E-state index contributed by atoms with van der Waals surface area (Å²) in [5.41, 5.74) is 2.21. The van der Waals surface area contributed by atoms with Crippen molar-refractivity contribution in [1.29, 1.82) is 0 Å². The molecule has 170 valence electrons. The number of pyridine rings is 1. The van der Waals surface area contributed by atoms with Crippen LogP contribution >= 0.6 is 0 Å². The summed E-state index contributed by atoms with van der Waals surface area (Å²) in [7, 11) is 0. The summed E-state index contributed by atoms with van der Waals surface area (Å²) < 4.78 is 0. The smallest absolute Gasteiger partial charge is 0.259 e.